The standard InChI is InChI=1S/C15H25N/c1-5-6-7-8-9-16-15-13(3)10-12(2)11-14(15)4/h10-11,16H,5-9H2,1-4H3. The number of anilines is 1. The lowest BCUT2D eigenvalue weighted by atomic mass is 10.0. The van der Waals surface area contributed by atoms with Crippen LogP contribution < -0.4 is 5.32 Å². The largest absolute Gasteiger partial charge is 0.385 e. The smallest absolute Gasteiger partial charge is 0.0399 e. The van der Waals surface area contributed by atoms with E-state index < -0.39 is 0 Å². The molecule has 0 unspecified atom stereocenters. The summed E-state index contributed by atoms with van der Waals surface area (Å²) in [5.74, 6) is 0. The maximum absolute atomic E-state index is 3.57. The van der Waals surface area contributed by atoms with Gasteiger partial charge in [-0.05, 0) is 38.3 Å². The Kier molecular flexibility index (Phi) is 5.37. The summed E-state index contributed by atoms with van der Waals surface area (Å²) in [5, 5.41) is 3.57. The molecule has 1 aromatic rings. The molecule has 0 amide bonds. The fraction of sp³-hybridized carbons (Fsp3) is 0.600. The number of hydrogen-bond acceptors (Lipinski definition) is 1. The Hall–Kier alpha value is -0.980. The topological polar surface area (TPSA) is 12.0 Å². The van der Waals surface area contributed by atoms with Gasteiger partial charge in [-0.25, -0.2) is 0 Å². The van der Waals surface area contributed by atoms with Crippen LogP contribution in [-0.2, 0) is 0 Å². The Morgan fingerprint density at radius 2 is 1.56 bits per heavy atom. The molecule has 0 spiro atoms. The first-order chi connectivity index (χ1) is 7.65. The first-order valence-corrected chi connectivity index (χ1v) is 6.47. The Labute approximate surface area is 100 Å². The predicted octanol–water partition coefficient (Wildman–Crippen LogP) is 4.60. The number of aryl methyl sites for hydroxylation is 3. The van der Waals surface area contributed by atoms with Crippen molar-refractivity contribution in [3.05, 3.63) is 28.8 Å². The lowest BCUT2D eigenvalue weighted by Crippen LogP contribution is -2.05. The highest BCUT2D eigenvalue weighted by Crippen LogP contribution is 2.21. The average Bonchev–Trinajstić information content (AvgIpc) is 2.20. The lowest BCUT2D eigenvalue weighted by molar-refractivity contribution is 0.685. The van der Waals surface area contributed by atoms with Crippen molar-refractivity contribution >= 4 is 5.69 Å². The van der Waals surface area contributed by atoms with Gasteiger partial charge in [0.15, 0.2) is 0 Å². The Balaban J connectivity index is 2.47. The number of rotatable bonds is 6. The number of unbranched alkanes of at least 4 members (excludes halogenated alkanes) is 3. The van der Waals surface area contributed by atoms with E-state index in [2.05, 4.69) is 45.1 Å². The molecule has 16 heavy (non-hydrogen) atoms. The minimum atomic E-state index is 1.10. The second-order valence-corrected chi connectivity index (χ2v) is 4.76. The van der Waals surface area contributed by atoms with Crippen molar-refractivity contribution in [2.45, 2.75) is 53.4 Å². The van der Waals surface area contributed by atoms with Gasteiger partial charge in [-0.2, -0.15) is 0 Å². The highest BCUT2D eigenvalue weighted by molar-refractivity contribution is 5.58. The van der Waals surface area contributed by atoms with Crippen LogP contribution in [0.5, 0.6) is 0 Å². The van der Waals surface area contributed by atoms with Gasteiger partial charge in [-0.3, -0.25) is 0 Å². The Morgan fingerprint density at radius 1 is 0.938 bits per heavy atom. The lowest BCUT2D eigenvalue weighted by Gasteiger charge is -2.13. The van der Waals surface area contributed by atoms with Crippen molar-refractivity contribution in [3.8, 4) is 0 Å². The molecule has 0 atom stereocenters. The van der Waals surface area contributed by atoms with Gasteiger partial charge < -0.3 is 5.32 Å². The van der Waals surface area contributed by atoms with E-state index in [4.69, 9.17) is 0 Å². The molecule has 0 fully saturated rings. The summed E-state index contributed by atoms with van der Waals surface area (Å²) in [7, 11) is 0. The van der Waals surface area contributed by atoms with Crippen LogP contribution in [-0.4, -0.2) is 6.54 Å². The van der Waals surface area contributed by atoms with Gasteiger partial charge in [-0.15, -0.1) is 0 Å². The molecule has 0 heterocycles. The third kappa shape index (κ3) is 3.88. The van der Waals surface area contributed by atoms with Crippen LogP contribution in [0.3, 0.4) is 0 Å². The fourth-order valence-electron chi connectivity index (χ4n) is 2.22. The van der Waals surface area contributed by atoms with E-state index in [0.717, 1.165) is 6.54 Å². The van der Waals surface area contributed by atoms with E-state index in [1.54, 1.807) is 0 Å². The normalized spacial score (nSPS) is 10.5. The number of hydrogen-bond donors (Lipinski definition) is 1. The molecule has 0 aliphatic rings. The molecule has 0 aromatic heterocycles. The van der Waals surface area contributed by atoms with Crippen molar-refractivity contribution in [3.63, 3.8) is 0 Å². The first kappa shape index (κ1) is 13.1. The Morgan fingerprint density at radius 3 is 2.12 bits per heavy atom. The average molecular weight is 219 g/mol. The molecule has 0 aliphatic carbocycles. The predicted molar refractivity (Wildman–Crippen MR) is 73.3 cm³/mol. The zero-order valence-electron chi connectivity index (χ0n) is 11.2. The van der Waals surface area contributed by atoms with Crippen LogP contribution in [0.25, 0.3) is 0 Å². The van der Waals surface area contributed by atoms with Crippen LogP contribution in [0.2, 0.25) is 0 Å². The molecule has 0 aliphatic heterocycles. The highest BCUT2D eigenvalue weighted by Gasteiger charge is 2.02. The van der Waals surface area contributed by atoms with E-state index in [1.807, 2.05) is 0 Å². The van der Waals surface area contributed by atoms with Gasteiger partial charge in [0.25, 0.3) is 0 Å². The summed E-state index contributed by atoms with van der Waals surface area (Å²) in [4.78, 5) is 0. The van der Waals surface area contributed by atoms with E-state index >= 15 is 0 Å². The van der Waals surface area contributed by atoms with Crippen LogP contribution in [0.4, 0.5) is 5.69 Å². The molecule has 90 valence electrons. The first-order valence-electron chi connectivity index (χ1n) is 6.47. The molecular formula is C15H25N. The van der Waals surface area contributed by atoms with Crippen molar-refractivity contribution in [2.75, 3.05) is 11.9 Å². The molecular weight excluding hydrogens is 194 g/mol. The van der Waals surface area contributed by atoms with E-state index in [1.165, 1.54) is 48.1 Å². The van der Waals surface area contributed by atoms with Gasteiger partial charge in [0.1, 0.15) is 0 Å². The molecule has 1 aromatic carbocycles. The number of nitrogens with one attached hydrogen (secondary N) is 1. The highest BCUT2D eigenvalue weighted by atomic mass is 14.9. The molecule has 1 nitrogen and oxygen atoms in total. The second kappa shape index (κ2) is 6.57. The summed E-state index contributed by atoms with van der Waals surface area (Å²) in [6, 6.07) is 4.50. The monoisotopic (exact) mass is 219 g/mol. The summed E-state index contributed by atoms with van der Waals surface area (Å²) in [6.45, 7) is 9.89. The fourth-order valence-corrected chi connectivity index (χ4v) is 2.22. The van der Waals surface area contributed by atoms with E-state index in [0.29, 0.717) is 0 Å². The van der Waals surface area contributed by atoms with Crippen LogP contribution in [0.15, 0.2) is 12.1 Å². The summed E-state index contributed by atoms with van der Waals surface area (Å²) < 4.78 is 0. The molecule has 0 saturated carbocycles. The molecule has 1 rings (SSSR count). The number of benzene rings is 1. The minimum absolute atomic E-state index is 1.10. The van der Waals surface area contributed by atoms with Crippen molar-refractivity contribution < 1.29 is 0 Å². The van der Waals surface area contributed by atoms with E-state index in [9.17, 15) is 0 Å². The Bertz CT molecular complexity index is 305. The summed E-state index contributed by atoms with van der Waals surface area (Å²) in [6.07, 6.45) is 5.28. The molecule has 0 radical (unpaired) electrons. The van der Waals surface area contributed by atoms with Gasteiger partial charge in [0.2, 0.25) is 0 Å². The van der Waals surface area contributed by atoms with Gasteiger partial charge in [0.05, 0.1) is 0 Å². The van der Waals surface area contributed by atoms with Crippen LogP contribution in [0.1, 0.15) is 49.3 Å². The quantitative estimate of drug-likeness (QED) is 0.689. The second-order valence-electron chi connectivity index (χ2n) is 4.76. The SMILES string of the molecule is CCCCCCNc1c(C)cc(C)cc1C. The van der Waals surface area contributed by atoms with Crippen molar-refractivity contribution in [2.24, 2.45) is 0 Å². The summed E-state index contributed by atoms with van der Waals surface area (Å²) in [5.41, 5.74) is 5.43. The zero-order valence-corrected chi connectivity index (χ0v) is 11.2. The maximum Gasteiger partial charge on any atom is 0.0399 e. The van der Waals surface area contributed by atoms with Crippen molar-refractivity contribution in [1.82, 2.24) is 0 Å². The van der Waals surface area contributed by atoms with Crippen LogP contribution >= 0.6 is 0 Å². The van der Waals surface area contributed by atoms with Gasteiger partial charge in [0, 0.05) is 12.2 Å². The summed E-state index contributed by atoms with van der Waals surface area (Å²) >= 11 is 0. The zero-order chi connectivity index (χ0) is 12.0. The molecule has 1 heteroatoms. The van der Waals surface area contributed by atoms with Crippen LogP contribution in [0, 0.1) is 20.8 Å². The molecule has 0 bridgehead atoms. The maximum atomic E-state index is 3.57. The van der Waals surface area contributed by atoms with Gasteiger partial charge in [-0.1, -0.05) is 43.9 Å². The molecule has 0 saturated heterocycles. The third-order valence-corrected chi connectivity index (χ3v) is 3.01. The van der Waals surface area contributed by atoms with E-state index in [-0.39, 0.29) is 0 Å². The van der Waals surface area contributed by atoms with Gasteiger partial charge >= 0.3 is 0 Å². The third-order valence-electron chi connectivity index (χ3n) is 3.01. The van der Waals surface area contributed by atoms with Crippen molar-refractivity contribution in [1.29, 1.82) is 0 Å². The molecule has 1 N–H and O–H groups in total. The minimum Gasteiger partial charge on any atom is -0.385 e.